The quantitative estimate of drug-likeness (QED) is 0.391. The van der Waals surface area contributed by atoms with E-state index in [9.17, 15) is 0 Å². The van der Waals surface area contributed by atoms with Gasteiger partial charge in [0.15, 0.2) is 5.16 Å². The highest BCUT2D eigenvalue weighted by Crippen LogP contribution is 2.34. The minimum absolute atomic E-state index is 0.730. The molecule has 4 aromatic rings. The Bertz CT molecular complexity index is 976. The fourth-order valence-corrected chi connectivity index (χ4v) is 3.85. The van der Waals surface area contributed by atoms with E-state index in [2.05, 4.69) is 54.5 Å². The summed E-state index contributed by atoms with van der Waals surface area (Å²) in [5.41, 5.74) is 6.05. The number of hydrogen-bond donors (Lipinski definition) is 2. The molecule has 0 spiro atoms. The summed E-state index contributed by atoms with van der Waals surface area (Å²) >= 11 is 8.14. The van der Waals surface area contributed by atoms with Crippen molar-refractivity contribution in [2.45, 2.75) is 5.16 Å². The number of imidazole rings is 1. The van der Waals surface area contributed by atoms with Gasteiger partial charge in [0.05, 0.1) is 16.1 Å². The summed E-state index contributed by atoms with van der Waals surface area (Å²) in [5, 5.41) is 2.82. The molecule has 0 radical (unpaired) electrons. The van der Waals surface area contributed by atoms with Crippen LogP contribution in [0.1, 0.15) is 0 Å². The van der Waals surface area contributed by atoms with Crippen molar-refractivity contribution >= 4 is 54.5 Å². The van der Waals surface area contributed by atoms with Crippen LogP contribution in [0.2, 0.25) is 5.02 Å². The number of nitrogens with zero attached hydrogens (tertiary/aromatic N) is 1. The van der Waals surface area contributed by atoms with Crippen LogP contribution in [0.4, 0.5) is 0 Å². The molecule has 22 heavy (non-hydrogen) atoms. The molecule has 0 bridgehead atoms. The van der Waals surface area contributed by atoms with Crippen LogP contribution < -0.4 is 0 Å². The Morgan fingerprint density at radius 3 is 2.91 bits per heavy atom. The van der Waals surface area contributed by atoms with E-state index >= 15 is 0 Å². The molecule has 2 N–H and O–H groups in total. The van der Waals surface area contributed by atoms with Gasteiger partial charge in [-0.1, -0.05) is 29.4 Å². The van der Waals surface area contributed by atoms with Gasteiger partial charge in [-0.15, -0.1) is 9.24 Å². The second kappa shape index (κ2) is 5.62. The number of hydrogen-bond acceptors (Lipinski definition) is 2. The number of nitrogens with one attached hydrogen (secondary N) is 2. The molecule has 6 heteroatoms. The molecule has 2 heterocycles. The van der Waals surface area contributed by atoms with Crippen LogP contribution in [0.15, 0.2) is 47.8 Å². The van der Waals surface area contributed by atoms with E-state index in [1.165, 1.54) is 5.39 Å². The second-order valence-electron chi connectivity index (χ2n) is 4.98. The Hall–Kier alpha value is -1.48. The molecule has 3 nitrogen and oxygen atoms in total. The molecular weight excluding hydrogens is 333 g/mol. The summed E-state index contributed by atoms with van der Waals surface area (Å²) in [7, 11) is 2.69. The third-order valence-electron chi connectivity index (χ3n) is 3.63. The summed E-state index contributed by atoms with van der Waals surface area (Å²) in [6.07, 6.45) is 1.94. The average Bonchev–Trinajstić information content (AvgIpc) is 3.11. The molecule has 0 saturated carbocycles. The highest BCUT2D eigenvalue weighted by Gasteiger charge is 2.10. The zero-order chi connectivity index (χ0) is 15.1. The molecule has 0 fully saturated rings. The van der Waals surface area contributed by atoms with Crippen molar-refractivity contribution < 1.29 is 0 Å². The van der Waals surface area contributed by atoms with Gasteiger partial charge in [0.1, 0.15) is 0 Å². The third kappa shape index (κ3) is 2.41. The van der Waals surface area contributed by atoms with E-state index in [0.29, 0.717) is 0 Å². The van der Waals surface area contributed by atoms with E-state index in [1.54, 1.807) is 11.8 Å². The normalized spacial score (nSPS) is 11.5. The highest BCUT2D eigenvalue weighted by molar-refractivity contribution is 8.02. The molecule has 4 rings (SSSR count). The predicted octanol–water partition coefficient (Wildman–Crippen LogP) is 5.29. The Kier molecular flexibility index (Phi) is 3.61. The lowest BCUT2D eigenvalue weighted by Gasteiger charge is -2.05. The smallest absolute Gasteiger partial charge is 0.166 e. The van der Waals surface area contributed by atoms with Crippen LogP contribution in [-0.4, -0.2) is 20.4 Å². The molecular formula is C16H13ClN3PS. The van der Waals surface area contributed by atoms with Gasteiger partial charge in [0.25, 0.3) is 0 Å². The summed E-state index contributed by atoms with van der Waals surface area (Å²) < 4.78 is 0. The maximum absolute atomic E-state index is 6.48. The predicted molar refractivity (Wildman–Crippen MR) is 98.8 cm³/mol. The molecule has 0 aliphatic rings. The fraction of sp³-hybridized carbons (Fsp3) is 0.0625. The molecule has 1 unspecified atom stereocenters. The van der Waals surface area contributed by atoms with Crippen LogP contribution >= 0.6 is 32.6 Å². The molecule has 2 aromatic heterocycles. The number of aromatic amines is 2. The van der Waals surface area contributed by atoms with Gasteiger partial charge in [-0.3, -0.25) is 0 Å². The van der Waals surface area contributed by atoms with Gasteiger partial charge < -0.3 is 9.97 Å². The maximum atomic E-state index is 6.48. The minimum Gasteiger partial charge on any atom is -0.361 e. The SMILES string of the molecule is PCSc1nc2cc(-c3ccc4[nH]ccc4c3)c(Cl)cc2[nH]1. The topological polar surface area (TPSA) is 44.5 Å². The number of H-pyrrole nitrogens is 2. The second-order valence-corrected chi connectivity index (χ2v) is 7.40. The number of fused-ring (bicyclic) bond motifs is 2. The largest absolute Gasteiger partial charge is 0.361 e. The molecule has 0 aliphatic heterocycles. The molecule has 0 saturated heterocycles. The Labute approximate surface area is 139 Å². The number of aromatic nitrogens is 3. The third-order valence-corrected chi connectivity index (χ3v) is 5.08. The summed E-state index contributed by atoms with van der Waals surface area (Å²) in [5.74, 6) is 0. The Balaban J connectivity index is 1.87. The van der Waals surface area contributed by atoms with Crippen LogP contribution in [0.25, 0.3) is 33.1 Å². The van der Waals surface area contributed by atoms with E-state index < -0.39 is 0 Å². The van der Waals surface area contributed by atoms with E-state index in [0.717, 1.165) is 43.4 Å². The van der Waals surface area contributed by atoms with Crippen LogP contribution in [0.5, 0.6) is 0 Å². The molecule has 110 valence electrons. The zero-order valence-electron chi connectivity index (χ0n) is 11.6. The first-order valence-electron chi connectivity index (χ1n) is 6.84. The Morgan fingerprint density at radius 2 is 2.05 bits per heavy atom. The lowest BCUT2D eigenvalue weighted by molar-refractivity contribution is 1.08. The van der Waals surface area contributed by atoms with Gasteiger partial charge in [-0.05, 0) is 41.3 Å². The minimum atomic E-state index is 0.730. The lowest BCUT2D eigenvalue weighted by atomic mass is 10.0. The van der Waals surface area contributed by atoms with Crippen molar-refractivity contribution in [3.63, 3.8) is 0 Å². The monoisotopic (exact) mass is 345 g/mol. The maximum Gasteiger partial charge on any atom is 0.166 e. The van der Waals surface area contributed by atoms with Gasteiger partial charge in [-0.25, -0.2) is 4.98 Å². The average molecular weight is 346 g/mol. The first kappa shape index (κ1) is 14.1. The van der Waals surface area contributed by atoms with E-state index in [1.807, 2.05) is 12.3 Å². The van der Waals surface area contributed by atoms with Crippen LogP contribution in [-0.2, 0) is 0 Å². The van der Waals surface area contributed by atoms with E-state index in [4.69, 9.17) is 11.6 Å². The van der Waals surface area contributed by atoms with Crippen molar-refractivity contribution in [3.8, 4) is 11.1 Å². The number of thioether (sulfide) groups is 1. The van der Waals surface area contributed by atoms with Gasteiger partial charge in [0, 0.05) is 22.8 Å². The number of rotatable bonds is 3. The molecule has 2 aromatic carbocycles. The lowest BCUT2D eigenvalue weighted by Crippen LogP contribution is -1.81. The first-order valence-corrected chi connectivity index (χ1v) is 9.02. The highest BCUT2D eigenvalue weighted by atomic mass is 35.5. The van der Waals surface area contributed by atoms with E-state index in [-0.39, 0.29) is 0 Å². The van der Waals surface area contributed by atoms with Crippen molar-refractivity contribution in [2.75, 3.05) is 5.49 Å². The van der Waals surface area contributed by atoms with Crippen molar-refractivity contribution in [2.24, 2.45) is 0 Å². The van der Waals surface area contributed by atoms with Gasteiger partial charge in [0.2, 0.25) is 0 Å². The van der Waals surface area contributed by atoms with Crippen molar-refractivity contribution in [3.05, 3.63) is 47.6 Å². The van der Waals surface area contributed by atoms with Gasteiger partial charge >= 0.3 is 0 Å². The van der Waals surface area contributed by atoms with Crippen molar-refractivity contribution in [1.82, 2.24) is 15.0 Å². The zero-order valence-corrected chi connectivity index (χ0v) is 14.3. The molecule has 1 atom stereocenters. The first-order chi connectivity index (χ1) is 10.7. The summed E-state index contributed by atoms with van der Waals surface area (Å²) in [4.78, 5) is 11.1. The standard InChI is InChI=1S/C16H13ClN3PS/c17-12-7-15-14(19-16(20-15)22-8-21)6-11(12)9-1-2-13-10(5-9)3-4-18-13/h1-7,18H,8,21H2,(H,19,20). The fourth-order valence-electron chi connectivity index (χ4n) is 2.60. The van der Waals surface area contributed by atoms with Crippen LogP contribution in [0.3, 0.4) is 0 Å². The van der Waals surface area contributed by atoms with Crippen molar-refractivity contribution in [1.29, 1.82) is 0 Å². The molecule has 0 aliphatic carbocycles. The summed E-state index contributed by atoms with van der Waals surface area (Å²) in [6, 6.07) is 12.4. The number of benzene rings is 2. The number of halogens is 1. The van der Waals surface area contributed by atoms with Gasteiger partial charge in [-0.2, -0.15) is 0 Å². The summed E-state index contributed by atoms with van der Waals surface area (Å²) in [6.45, 7) is 0. The van der Waals surface area contributed by atoms with Crippen LogP contribution in [0, 0.1) is 0 Å². The molecule has 0 amide bonds. The Morgan fingerprint density at radius 1 is 1.14 bits per heavy atom.